The van der Waals surface area contributed by atoms with Gasteiger partial charge in [-0.05, 0) is 11.6 Å². The Labute approximate surface area is 105 Å². The third-order valence-electron chi connectivity index (χ3n) is 1.80. The van der Waals surface area contributed by atoms with Crippen LogP contribution >= 0.6 is 11.5 Å². The molecule has 1 heterocycles. The predicted octanol–water partition coefficient (Wildman–Crippen LogP) is -1.23. The standard InChI is InChI=1S/C7H10N6O4S/c8-4(14)2-1-3(5(15)16)9-6(17)10-7-11-12-13-18-7/h3H,1-2H2,(H2,8,14)(H,15,16)(H2,9,10,11,13,17)/t3-/m1/s1. The molecule has 0 unspecified atom stereocenters. The van der Waals surface area contributed by atoms with Crippen LogP contribution in [0, 0.1) is 0 Å². The summed E-state index contributed by atoms with van der Waals surface area (Å²) in [5, 5.41) is 20.1. The maximum absolute atomic E-state index is 11.4. The zero-order chi connectivity index (χ0) is 13.5. The fourth-order valence-electron chi connectivity index (χ4n) is 1.02. The molecule has 1 aromatic rings. The number of nitrogens with one attached hydrogen (secondary N) is 2. The minimum atomic E-state index is -1.26. The highest BCUT2D eigenvalue weighted by Gasteiger charge is 2.20. The van der Waals surface area contributed by atoms with Crippen molar-refractivity contribution in [1.82, 2.24) is 20.1 Å². The van der Waals surface area contributed by atoms with Crippen molar-refractivity contribution < 1.29 is 19.5 Å². The molecule has 0 bridgehead atoms. The molecule has 0 saturated carbocycles. The summed E-state index contributed by atoms with van der Waals surface area (Å²) in [5.74, 6) is -1.90. The molecule has 5 N–H and O–H groups in total. The topological polar surface area (TPSA) is 160 Å². The lowest BCUT2D eigenvalue weighted by molar-refractivity contribution is -0.139. The normalized spacial score (nSPS) is 11.6. The monoisotopic (exact) mass is 274 g/mol. The van der Waals surface area contributed by atoms with Crippen LogP contribution in [0.4, 0.5) is 9.93 Å². The summed E-state index contributed by atoms with van der Waals surface area (Å²) < 4.78 is 3.41. The van der Waals surface area contributed by atoms with E-state index in [1.54, 1.807) is 0 Å². The molecule has 11 heteroatoms. The molecule has 0 aromatic carbocycles. The number of carbonyl (C=O) groups excluding carboxylic acids is 2. The molecule has 1 aromatic heterocycles. The molecule has 0 aliphatic carbocycles. The first-order chi connectivity index (χ1) is 8.49. The molecule has 0 saturated heterocycles. The Kier molecular flexibility index (Phi) is 4.92. The van der Waals surface area contributed by atoms with Crippen LogP contribution in [-0.2, 0) is 9.59 Å². The van der Waals surface area contributed by atoms with Crippen LogP contribution in [0.2, 0.25) is 0 Å². The first-order valence-corrected chi connectivity index (χ1v) is 5.50. The Morgan fingerprint density at radius 2 is 2.17 bits per heavy atom. The van der Waals surface area contributed by atoms with Gasteiger partial charge in [0.05, 0.1) is 0 Å². The lowest BCUT2D eigenvalue weighted by Gasteiger charge is -2.13. The van der Waals surface area contributed by atoms with E-state index in [9.17, 15) is 14.4 Å². The van der Waals surface area contributed by atoms with Gasteiger partial charge in [-0.3, -0.25) is 10.1 Å². The van der Waals surface area contributed by atoms with Gasteiger partial charge in [-0.1, -0.05) is 9.59 Å². The molecule has 0 spiro atoms. The van der Waals surface area contributed by atoms with Gasteiger partial charge in [-0.2, -0.15) is 0 Å². The lowest BCUT2D eigenvalue weighted by atomic mass is 10.1. The van der Waals surface area contributed by atoms with Crippen LogP contribution in [0.15, 0.2) is 0 Å². The van der Waals surface area contributed by atoms with E-state index in [0.717, 1.165) is 11.5 Å². The number of anilines is 1. The molecule has 98 valence electrons. The van der Waals surface area contributed by atoms with Crippen molar-refractivity contribution in [2.24, 2.45) is 5.73 Å². The van der Waals surface area contributed by atoms with Crippen molar-refractivity contribution >= 4 is 34.6 Å². The summed E-state index contributed by atoms with van der Waals surface area (Å²) in [6.07, 6.45) is -0.232. The van der Waals surface area contributed by atoms with Crippen molar-refractivity contribution in [3.63, 3.8) is 0 Å². The first kappa shape index (κ1) is 13.8. The van der Waals surface area contributed by atoms with Gasteiger partial charge in [0.1, 0.15) is 6.04 Å². The summed E-state index contributed by atoms with van der Waals surface area (Å²) >= 11 is 0.839. The summed E-state index contributed by atoms with van der Waals surface area (Å²) in [6.45, 7) is 0. The third kappa shape index (κ3) is 4.69. The number of hydrogen-bond acceptors (Lipinski definition) is 7. The molecule has 1 atom stereocenters. The Bertz CT molecular complexity index is 435. The SMILES string of the molecule is NC(=O)CC[C@@H](NC(=O)Nc1nnns1)C(=O)O. The van der Waals surface area contributed by atoms with E-state index in [0.29, 0.717) is 0 Å². The number of nitrogens with zero attached hydrogens (tertiary/aromatic N) is 3. The number of nitrogens with two attached hydrogens (primary N) is 1. The van der Waals surface area contributed by atoms with Crippen LogP contribution in [0.3, 0.4) is 0 Å². The fourth-order valence-corrected chi connectivity index (χ4v) is 1.38. The van der Waals surface area contributed by atoms with E-state index in [-0.39, 0.29) is 18.0 Å². The maximum atomic E-state index is 11.4. The van der Waals surface area contributed by atoms with Gasteiger partial charge in [0.15, 0.2) is 0 Å². The van der Waals surface area contributed by atoms with Gasteiger partial charge in [0, 0.05) is 18.0 Å². The minimum Gasteiger partial charge on any atom is -0.480 e. The van der Waals surface area contributed by atoms with Crippen molar-refractivity contribution in [1.29, 1.82) is 0 Å². The number of urea groups is 1. The fraction of sp³-hybridized carbons (Fsp3) is 0.429. The summed E-state index contributed by atoms with van der Waals surface area (Å²) in [7, 11) is 0. The quantitative estimate of drug-likeness (QED) is 0.505. The van der Waals surface area contributed by atoms with Crippen LogP contribution in [-0.4, -0.2) is 43.9 Å². The van der Waals surface area contributed by atoms with E-state index >= 15 is 0 Å². The number of hydrogen-bond donors (Lipinski definition) is 4. The second-order valence-electron chi connectivity index (χ2n) is 3.16. The summed E-state index contributed by atoms with van der Waals surface area (Å²) in [5.41, 5.74) is 4.90. The Morgan fingerprint density at radius 3 is 2.67 bits per heavy atom. The smallest absolute Gasteiger partial charge is 0.326 e. The highest BCUT2D eigenvalue weighted by molar-refractivity contribution is 7.09. The van der Waals surface area contributed by atoms with Crippen molar-refractivity contribution in [2.45, 2.75) is 18.9 Å². The second kappa shape index (κ2) is 6.44. The zero-order valence-corrected chi connectivity index (χ0v) is 9.81. The Balaban J connectivity index is 2.47. The first-order valence-electron chi connectivity index (χ1n) is 4.72. The van der Waals surface area contributed by atoms with Crippen LogP contribution in [0.25, 0.3) is 0 Å². The molecule has 0 radical (unpaired) electrons. The Hall–Kier alpha value is -2.30. The number of carboxylic acids is 1. The number of aromatic nitrogens is 3. The van der Waals surface area contributed by atoms with Crippen LogP contribution < -0.4 is 16.4 Å². The largest absolute Gasteiger partial charge is 0.480 e. The molecule has 1 rings (SSSR count). The molecule has 0 fully saturated rings. The molecular formula is C7H10N6O4S. The van der Waals surface area contributed by atoms with E-state index in [2.05, 4.69) is 25.4 Å². The van der Waals surface area contributed by atoms with Crippen LogP contribution in [0.1, 0.15) is 12.8 Å². The van der Waals surface area contributed by atoms with E-state index < -0.39 is 23.9 Å². The van der Waals surface area contributed by atoms with E-state index in [1.807, 2.05) is 0 Å². The minimum absolute atomic E-state index is 0.0908. The molecule has 18 heavy (non-hydrogen) atoms. The molecular weight excluding hydrogens is 264 g/mol. The van der Waals surface area contributed by atoms with E-state index in [1.165, 1.54) is 0 Å². The molecule has 10 nitrogen and oxygen atoms in total. The van der Waals surface area contributed by atoms with Gasteiger partial charge in [-0.15, -0.1) is 0 Å². The Morgan fingerprint density at radius 1 is 1.44 bits per heavy atom. The van der Waals surface area contributed by atoms with Crippen molar-refractivity contribution in [3.05, 3.63) is 0 Å². The highest BCUT2D eigenvalue weighted by Crippen LogP contribution is 2.04. The zero-order valence-electron chi connectivity index (χ0n) is 8.99. The van der Waals surface area contributed by atoms with Gasteiger partial charge in [0.25, 0.3) is 0 Å². The number of carboxylic acid groups (broad SMARTS) is 1. The van der Waals surface area contributed by atoms with Gasteiger partial charge in [0.2, 0.25) is 11.0 Å². The maximum Gasteiger partial charge on any atom is 0.326 e. The number of rotatable bonds is 6. The predicted molar refractivity (Wildman–Crippen MR) is 59.7 cm³/mol. The summed E-state index contributed by atoms with van der Waals surface area (Å²) in [6, 6.07) is -1.98. The van der Waals surface area contributed by atoms with E-state index in [4.69, 9.17) is 10.8 Å². The second-order valence-corrected chi connectivity index (χ2v) is 3.89. The van der Waals surface area contributed by atoms with Crippen molar-refractivity contribution in [2.75, 3.05) is 5.32 Å². The van der Waals surface area contributed by atoms with Crippen LogP contribution in [0.5, 0.6) is 0 Å². The molecule has 0 aliphatic rings. The van der Waals surface area contributed by atoms with Crippen molar-refractivity contribution in [3.8, 4) is 0 Å². The number of primary amides is 1. The summed E-state index contributed by atoms with van der Waals surface area (Å²) in [4.78, 5) is 32.7. The van der Waals surface area contributed by atoms with Gasteiger partial charge in [-0.25, -0.2) is 9.59 Å². The average Bonchev–Trinajstić information content (AvgIpc) is 2.76. The average molecular weight is 274 g/mol. The highest BCUT2D eigenvalue weighted by atomic mass is 32.1. The lowest BCUT2D eigenvalue weighted by Crippen LogP contribution is -2.43. The third-order valence-corrected chi connectivity index (χ3v) is 2.31. The number of carbonyl (C=O) groups is 3. The number of aliphatic carboxylic acids is 1. The van der Waals surface area contributed by atoms with Gasteiger partial charge >= 0.3 is 12.0 Å². The molecule has 3 amide bonds. The number of amides is 3. The molecule has 0 aliphatic heterocycles. The van der Waals surface area contributed by atoms with Gasteiger partial charge < -0.3 is 16.2 Å².